The molecule has 4 rings (SSSR count). The maximum absolute atomic E-state index is 13.4. The molecule has 1 aromatic heterocycles. The summed E-state index contributed by atoms with van der Waals surface area (Å²) in [6.07, 6.45) is 4.56. The molecule has 0 saturated heterocycles. The molecular weight excluding hydrogens is 673 g/mol. The second-order valence-corrected chi connectivity index (χ2v) is 12.7. The van der Waals surface area contributed by atoms with Crippen molar-refractivity contribution in [1.82, 2.24) is 0 Å². The zero-order chi connectivity index (χ0) is 36.4. The number of halogens is 3. The highest BCUT2D eigenvalue weighted by atomic mass is 32.2. The number of carbonyl (C=O) groups excluding carboxylic acids is 1. The van der Waals surface area contributed by atoms with Crippen molar-refractivity contribution in [2.45, 2.75) is 68.4 Å². The predicted octanol–water partition coefficient (Wildman–Crippen LogP) is 8.93. The number of phenolic OH excluding ortho intramolecular Hbond substituents is 1. The number of aliphatic hydroxyl groups is 1. The average molecular weight is 711 g/mol. The van der Waals surface area contributed by atoms with Gasteiger partial charge in [-0.05, 0) is 80.6 Å². The van der Waals surface area contributed by atoms with Crippen LogP contribution in [0.4, 0.5) is 13.2 Å². The molecule has 0 fully saturated rings. The number of benzene rings is 3. The van der Waals surface area contributed by atoms with E-state index in [0.717, 1.165) is 42.8 Å². The molecule has 4 aromatic rings. The van der Waals surface area contributed by atoms with Crippen molar-refractivity contribution in [3.8, 4) is 11.5 Å². The quantitative estimate of drug-likeness (QED) is 0.0451. The summed E-state index contributed by atoms with van der Waals surface area (Å²) >= 11 is 1.11. The summed E-state index contributed by atoms with van der Waals surface area (Å²) in [5.41, 5.74) is -0.485. The van der Waals surface area contributed by atoms with Gasteiger partial charge in [0.25, 0.3) is 0 Å². The molecule has 0 bridgehead atoms. The Morgan fingerprint density at radius 1 is 1.04 bits per heavy atom. The Labute approximate surface area is 290 Å². The first kappa shape index (κ1) is 38.0. The summed E-state index contributed by atoms with van der Waals surface area (Å²) < 4.78 is 51.6. The number of aromatic carboxylic acids is 1. The van der Waals surface area contributed by atoms with E-state index in [4.69, 9.17) is 9.15 Å². The van der Waals surface area contributed by atoms with Crippen LogP contribution in [0.2, 0.25) is 0 Å². The molecule has 50 heavy (non-hydrogen) atoms. The minimum absolute atomic E-state index is 0.0199. The van der Waals surface area contributed by atoms with Gasteiger partial charge in [-0.2, -0.15) is 13.2 Å². The maximum atomic E-state index is 13.4. The molecule has 0 spiro atoms. The number of fused-ring (bicyclic) bond motifs is 1. The third-order valence-corrected chi connectivity index (χ3v) is 8.95. The fraction of sp³-hybridized carbons (Fsp3) is 0.289. The van der Waals surface area contributed by atoms with Gasteiger partial charge in [0.15, 0.2) is 11.2 Å². The smallest absolute Gasteiger partial charge is 0.416 e. The van der Waals surface area contributed by atoms with Crippen molar-refractivity contribution >= 4 is 34.5 Å². The Balaban J connectivity index is 1.44. The second-order valence-electron chi connectivity index (χ2n) is 11.5. The molecule has 0 unspecified atom stereocenters. The van der Waals surface area contributed by atoms with Gasteiger partial charge in [0.05, 0.1) is 34.5 Å². The summed E-state index contributed by atoms with van der Waals surface area (Å²) in [6, 6.07) is 13.1. The number of carboxylic acid groups (broad SMARTS) is 1. The number of alkyl halides is 3. The standard InChI is InChI=1S/C38H37F3O8S/c1-3-11-29-31(18-17-27(23(2)42)36(29)45)48-19-9-7-5-4-6-8-14-34(35(44)24-12-10-13-25(20-24)38(39,40)41)50-26-15-16-28-30(43)22-33(37(46)47)49-32(28)21-26/h4,6,8,10,12-18,20-22,34-35,44-45H,3,5,7,9,11,19H2,1-2H3,(H,46,47)/b6-4-,14-8+/t34-,35+/m0/s1. The lowest BCUT2D eigenvalue weighted by Gasteiger charge is -2.21. The Morgan fingerprint density at radius 3 is 2.52 bits per heavy atom. The Hall–Kier alpha value is -4.81. The van der Waals surface area contributed by atoms with E-state index in [1.807, 2.05) is 13.0 Å². The van der Waals surface area contributed by atoms with E-state index >= 15 is 0 Å². The molecule has 1 heterocycles. The van der Waals surface area contributed by atoms with Gasteiger partial charge in [-0.3, -0.25) is 9.59 Å². The molecule has 0 saturated carbocycles. The van der Waals surface area contributed by atoms with Crippen LogP contribution in [0, 0.1) is 0 Å². The minimum atomic E-state index is -4.60. The summed E-state index contributed by atoms with van der Waals surface area (Å²) in [5.74, 6) is -1.66. The van der Waals surface area contributed by atoms with Gasteiger partial charge in [0.1, 0.15) is 17.1 Å². The topological polar surface area (TPSA) is 134 Å². The summed E-state index contributed by atoms with van der Waals surface area (Å²) in [7, 11) is 0. The van der Waals surface area contributed by atoms with Crippen LogP contribution >= 0.6 is 11.8 Å². The largest absolute Gasteiger partial charge is 0.507 e. The van der Waals surface area contributed by atoms with Gasteiger partial charge in [0, 0.05) is 16.5 Å². The van der Waals surface area contributed by atoms with E-state index in [0.29, 0.717) is 42.1 Å². The number of Topliss-reactive ketones (excluding diaryl/α,β-unsaturated/α-hetero) is 1. The highest BCUT2D eigenvalue weighted by Gasteiger charge is 2.31. The van der Waals surface area contributed by atoms with Crippen molar-refractivity contribution in [2.75, 3.05) is 6.61 Å². The van der Waals surface area contributed by atoms with E-state index in [1.54, 1.807) is 36.4 Å². The fourth-order valence-corrected chi connectivity index (χ4v) is 6.28. The van der Waals surface area contributed by atoms with Crippen LogP contribution in [0.5, 0.6) is 11.5 Å². The van der Waals surface area contributed by atoms with Gasteiger partial charge in [0.2, 0.25) is 5.76 Å². The molecule has 0 radical (unpaired) electrons. The number of rotatable bonds is 16. The number of unbranched alkanes of at least 4 members (excludes halogenated alkanes) is 2. The van der Waals surface area contributed by atoms with Gasteiger partial charge < -0.3 is 24.5 Å². The van der Waals surface area contributed by atoms with Crippen LogP contribution < -0.4 is 10.2 Å². The number of aromatic hydroxyl groups is 1. The molecule has 264 valence electrons. The van der Waals surface area contributed by atoms with Crippen molar-refractivity contribution in [3.05, 3.63) is 123 Å². The lowest BCUT2D eigenvalue weighted by atomic mass is 10.0. The summed E-state index contributed by atoms with van der Waals surface area (Å²) in [4.78, 5) is 36.0. The molecule has 0 aliphatic carbocycles. The van der Waals surface area contributed by atoms with Crippen molar-refractivity contribution in [1.29, 1.82) is 0 Å². The van der Waals surface area contributed by atoms with Crippen molar-refractivity contribution in [3.63, 3.8) is 0 Å². The molecule has 8 nitrogen and oxygen atoms in total. The summed E-state index contributed by atoms with van der Waals surface area (Å²) in [5, 5.41) is 30.4. The third kappa shape index (κ3) is 9.88. The van der Waals surface area contributed by atoms with Gasteiger partial charge in [-0.1, -0.05) is 49.8 Å². The molecule has 0 amide bonds. The predicted molar refractivity (Wildman–Crippen MR) is 185 cm³/mol. The van der Waals surface area contributed by atoms with Crippen LogP contribution in [-0.4, -0.2) is 38.9 Å². The Kier molecular flexibility index (Phi) is 13.1. The van der Waals surface area contributed by atoms with E-state index < -0.39 is 40.3 Å². The molecule has 12 heteroatoms. The number of carboxylic acids is 1. The second kappa shape index (κ2) is 17.2. The SMILES string of the molecule is CCCc1c(OCCCC/C=C\C=C\[C@H](Sc2ccc3c(=O)cc(C(=O)O)oc3c2)[C@H](O)c2cccc(C(F)(F)F)c2)ccc(C(C)=O)c1O. The van der Waals surface area contributed by atoms with Crippen LogP contribution in [0.3, 0.4) is 0 Å². The van der Waals surface area contributed by atoms with E-state index in [9.17, 15) is 42.9 Å². The van der Waals surface area contributed by atoms with Crippen LogP contribution in [0.25, 0.3) is 11.0 Å². The molecule has 2 atom stereocenters. The molecule has 0 aliphatic rings. The molecular formula is C38H37F3O8S. The van der Waals surface area contributed by atoms with Crippen molar-refractivity contribution in [2.24, 2.45) is 0 Å². The third-order valence-electron chi connectivity index (χ3n) is 7.74. The zero-order valence-electron chi connectivity index (χ0n) is 27.4. The lowest BCUT2D eigenvalue weighted by Crippen LogP contribution is -2.14. The number of thioether (sulfide) groups is 1. The average Bonchev–Trinajstić information content (AvgIpc) is 3.07. The van der Waals surface area contributed by atoms with E-state index in [-0.39, 0.29) is 33.6 Å². The molecule has 3 aromatic carbocycles. The Bertz CT molecular complexity index is 1950. The number of phenols is 1. The van der Waals surface area contributed by atoms with Crippen LogP contribution in [-0.2, 0) is 12.6 Å². The number of ether oxygens (including phenoxy) is 1. The van der Waals surface area contributed by atoms with Crippen LogP contribution in [0.1, 0.15) is 83.2 Å². The number of hydrogen-bond acceptors (Lipinski definition) is 8. The van der Waals surface area contributed by atoms with Crippen molar-refractivity contribution < 1.29 is 47.2 Å². The van der Waals surface area contributed by atoms with Gasteiger partial charge in [-0.25, -0.2) is 4.79 Å². The minimum Gasteiger partial charge on any atom is -0.507 e. The number of hydrogen-bond donors (Lipinski definition) is 3. The van der Waals surface area contributed by atoms with Gasteiger partial charge in [-0.15, -0.1) is 11.8 Å². The number of carbonyl (C=O) groups is 2. The maximum Gasteiger partial charge on any atom is 0.416 e. The fourth-order valence-electron chi connectivity index (χ4n) is 5.19. The normalized spacial score (nSPS) is 13.2. The van der Waals surface area contributed by atoms with Crippen LogP contribution in [0.15, 0.2) is 99.1 Å². The van der Waals surface area contributed by atoms with E-state index in [2.05, 4.69) is 0 Å². The molecule has 0 aliphatic heterocycles. The number of aliphatic hydroxyl groups excluding tert-OH is 1. The van der Waals surface area contributed by atoms with E-state index in [1.165, 1.54) is 31.2 Å². The highest BCUT2D eigenvalue weighted by Crippen LogP contribution is 2.37. The first-order valence-corrected chi connectivity index (χ1v) is 16.8. The molecule has 3 N–H and O–H groups in total. The Morgan fingerprint density at radius 2 is 1.82 bits per heavy atom. The van der Waals surface area contributed by atoms with Gasteiger partial charge >= 0.3 is 12.1 Å². The lowest BCUT2D eigenvalue weighted by molar-refractivity contribution is -0.137. The summed E-state index contributed by atoms with van der Waals surface area (Å²) in [6.45, 7) is 3.78. The first-order chi connectivity index (χ1) is 23.8. The first-order valence-electron chi connectivity index (χ1n) is 15.9. The zero-order valence-corrected chi connectivity index (χ0v) is 28.2. The monoisotopic (exact) mass is 710 g/mol. The highest BCUT2D eigenvalue weighted by molar-refractivity contribution is 8.00. The number of allylic oxidation sites excluding steroid dienone is 3. The number of ketones is 1.